The van der Waals surface area contributed by atoms with Crippen LogP contribution in [0.3, 0.4) is 0 Å². The summed E-state index contributed by atoms with van der Waals surface area (Å²) in [6, 6.07) is 0. The van der Waals surface area contributed by atoms with Gasteiger partial charge in [0, 0.05) is 19.6 Å². The number of nitrogens with one attached hydrogen (secondary N) is 1. The van der Waals surface area contributed by atoms with E-state index >= 15 is 0 Å². The van der Waals surface area contributed by atoms with Crippen LogP contribution in [-0.4, -0.2) is 32.6 Å². The van der Waals surface area contributed by atoms with E-state index in [2.05, 4.69) is 12.2 Å². The van der Waals surface area contributed by atoms with Crippen molar-refractivity contribution in [2.24, 2.45) is 0 Å². The van der Waals surface area contributed by atoms with Gasteiger partial charge in [-0.3, -0.25) is 0 Å². The van der Waals surface area contributed by atoms with Crippen molar-refractivity contribution in [3.8, 4) is 0 Å². The lowest BCUT2D eigenvalue weighted by Crippen LogP contribution is -2.25. The summed E-state index contributed by atoms with van der Waals surface area (Å²) in [5.41, 5.74) is 0. The van der Waals surface area contributed by atoms with Crippen molar-refractivity contribution in [2.75, 3.05) is 26.3 Å². The maximum atomic E-state index is 5.40. The van der Waals surface area contributed by atoms with Crippen LogP contribution in [0.5, 0.6) is 0 Å². The third-order valence-electron chi connectivity index (χ3n) is 1.69. The molecule has 0 amide bonds. The molecular formula is C10H23NO2. The average Bonchev–Trinajstić information content (AvgIpc) is 2.13. The van der Waals surface area contributed by atoms with E-state index in [0.717, 1.165) is 32.7 Å². The molecule has 13 heavy (non-hydrogen) atoms. The smallest absolute Gasteiger partial charge is 0.158 e. The molecule has 0 aliphatic carbocycles. The van der Waals surface area contributed by atoms with E-state index in [9.17, 15) is 0 Å². The number of rotatable bonds is 9. The van der Waals surface area contributed by atoms with E-state index in [1.807, 2.05) is 13.8 Å². The highest BCUT2D eigenvalue weighted by Gasteiger charge is 2.05. The summed E-state index contributed by atoms with van der Waals surface area (Å²) in [4.78, 5) is 0. The highest BCUT2D eigenvalue weighted by Crippen LogP contribution is 1.99. The van der Waals surface area contributed by atoms with Gasteiger partial charge in [-0.2, -0.15) is 0 Å². The monoisotopic (exact) mass is 189 g/mol. The first-order valence-corrected chi connectivity index (χ1v) is 5.29. The molecule has 0 saturated carbocycles. The first-order chi connectivity index (χ1) is 6.35. The number of hydrogen-bond donors (Lipinski definition) is 1. The molecule has 0 radical (unpaired) electrons. The molecule has 0 rings (SSSR count). The fraction of sp³-hybridized carbons (Fsp3) is 1.00. The van der Waals surface area contributed by atoms with Crippen LogP contribution in [0.1, 0.15) is 33.6 Å². The van der Waals surface area contributed by atoms with Crippen molar-refractivity contribution >= 4 is 0 Å². The van der Waals surface area contributed by atoms with E-state index < -0.39 is 0 Å². The standard InChI is InChI=1S/C10H23NO2/c1-4-8-11-9-7-10(12-5-2)13-6-3/h10-11H,4-9H2,1-3H3. The summed E-state index contributed by atoms with van der Waals surface area (Å²) in [6.07, 6.45) is 2.08. The quantitative estimate of drug-likeness (QED) is 0.443. The molecule has 0 saturated heterocycles. The Bertz CT molecular complexity index is 92.9. The molecule has 0 aromatic heterocycles. The molecule has 0 aromatic carbocycles. The molecule has 0 aromatic rings. The second-order valence-electron chi connectivity index (χ2n) is 2.88. The Hall–Kier alpha value is -0.120. The molecule has 80 valence electrons. The molecule has 3 nitrogen and oxygen atoms in total. The summed E-state index contributed by atoms with van der Waals surface area (Å²) in [6.45, 7) is 9.63. The van der Waals surface area contributed by atoms with Gasteiger partial charge in [-0.15, -0.1) is 0 Å². The van der Waals surface area contributed by atoms with Crippen molar-refractivity contribution in [3.05, 3.63) is 0 Å². The molecule has 0 aliphatic rings. The van der Waals surface area contributed by atoms with E-state index in [4.69, 9.17) is 9.47 Å². The van der Waals surface area contributed by atoms with Gasteiger partial charge < -0.3 is 14.8 Å². The predicted octanol–water partition coefficient (Wildman–Crippen LogP) is 1.78. The maximum absolute atomic E-state index is 5.40. The minimum atomic E-state index is -0.0284. The van der Waals surface area contributed by atoms with Crippen molar-refractivity contribution in [2.45, 2.75) is 39.9 Å². The van der Waals surface area contributed by atoms with E-state index in [1.54, 1.807) is 0 Å². The Morgan fingerprint density at radius 1 is 1.00 bits per heavy atom. The zero-order valence-corrected chi connectivity index (χ0v) is 9.14. The first kappa shape index (κ1) is 12.9. The molecule has 0 aliphatic heterocycles. The Balaban J connectivity index is 3.33. The maximum Gasteiger partial charge on any atom is 0.158 e. The lowest BCUT2D eigenvalue weighted by Gasteiger charge is -2.16. The summed E-state index contributed by atoms with van der Waals surface area (Å²) >= 11 is 0. The van der Waals surface area contributed by atoms with Gasteiger partial charge in [0.1, 0.15) is 0 Å². The fourth-order valence-corrected chi connectivity index (χ4v) is 1.11. The van der Waals surface area contributed by atoms with E-state index in [0.29, 0.717) is 0 Å². The molecule has 1 N–H and O–H groups in total. The Kier molecular flexibility index (Phi) is 9.87. The van der Waals surface area contributed by atoms with Gasteiger partial charge in [-0.25, -0.2) is 0 Å². The molecule has 0 unspecified atom stereocenters. The summed E-state index contributed by atoms with van der Waals surface area (Å²) in [5.74, 6) is 0. The Labute approximate surface area is 81.8 Å². The van der Waals surface area contributed by atoms with Gasteiger partial charge in [0.15, 0.2) is 6.29 Å². The number of hydrogen-bond acceptors (Lipinski definition) is 3. The van der Waals surface area contributed by atoms with Crippen LogP contribution >= 0.6 is 0 Å². The first-order valence-electron chi connectivity index (χ1n) is 5.29. The lowest BCUT2D eigenvalue weighted by molar-refractivity contribution is -0.138. The summed E-state index contributed by atoms with van der Waals surface area (Å²) in [7, 11) is 0. The van der Waals surface area contributed by atoms with Crippen molar-refractivity contribution in [3.63, 3.8) is 0 Å². The third kappa shape index (κ3) is 8.22. The van der Waals surface area contributed by atoms with Gasteiger partial charge in [0.25, 0.3) is 0 Å². The Morgan fingerprint density at radius 2 is 1.62 bits per heavy atom. The summed E-state index contributed by atoms with van der Waals surface area (Å²) < 4.78 is 10.8. The van der Waals surface area contributed by atoms with Gasteiger partial charge in [-0.05, 0) is 33.4 Å². The van der Waals surface area contributed by atoms with Crippen molar-refractivity contribution in [1.82, 2.24) is 5.32 Å². The minimum Gasteiger partial charge on any atom is -0.353 e. The zero-order chi connectivity index (χ0) is 9.94. The van der Waals surface area contributed by atoms with Crippen molar-refractivity contribution in [1.29, 1.82) is 0 Å². The third-order valence-corrected chi connectivity index (χ3v) is 1.69. The zero-order valence-electron chi connectivity index (χ0n) is 9.14. The molecule has 0 atom stereocenters. The fourth-order valence-electron chi connectivity index (χ4n) is 1.11. The predicted molar refractivity (Wildman–Crippen MR) is 54.8 cm³/mol. The Morgan fingerprint density at radius 3 is 2.08 bits per heavy atom. The average molecular weight is 189 g/mol. The highest BCUT2D eigenvalue weighted by molar-refractivity contribution is 4.50. The van der Waals surface area contributed by atoms with Crippen LogP contribution < -0.4 is 5.32 Å². The van der Waals surface area contributed by atoms with Crippen LogP contribution in [0.4, 0.5) is 0 Å². The second-order valence-corrected chi connectivity index (χ2v) is 2.88. The van der Waals surface area contributed by atoms with Crippen LogP contribution in [-0.2, 0) is 9.47 Å². The van der Waals surface area contributed by atoms with Gasteiger partial charge >= 0.3 is 0 Å². The molecule has 0 bridgehead atoms. The highest BCUT2D eigenvalue weighted by atomic mass is 16.7. The van der Waals surface area contributed by atoms with Crippen LogP contribution in [0.15, 0.2) is 0 Å². The van der Waals surface area contributed by atoms with Gasteiger partial charge in [0.2, 0.25) is 0 Å². The molecular weight excluding hydrogens is 166 g/mol. The van der Waals surface area contributed by atoms with Crippen LogP contribution in [0.25, 0.3) is 0 Å². The largest absolute Gasteiger partial charge is 0.353 e. The topological polar surface area (TPSA) is 30.5 Å². The van der Waals surface area contributed by atoms with Gasteiger partial charge in [-0.1, -0.05) is 6.92 Å². The molecule has 0 fully saturated rings. The van der Waals surface area contributed by atoms with Crippen LogP contribution in [0, 0.1) is 0 Å². The van der Waals surface area contributed by atoms with Crippen LogP contribution in [0.2, 0.25) is 0 Å². The van der Waals surface area contributed by atoms with Gasteiger partial charge in [0.05, 0.1) is 0 Å². The summed E-state index contributed by atoms with van der Waals surface area (Å²) in [5, 5.41) is 3.32. The molecule has 0 spiro atoms. The van der Waals surface area contributed by atoms with E-state index in [1.165, 1.54) is 6.42 Å². The normalized spacial score (nSPS) is 11.1. The SMILES string of the molecule is CCCNCCC(OCC)OCC. The second kappa shape index (κ2) is 9.96. The van der Waals surface area contributed by atoms with Crippen molar-refractivity contribution < 1.29 is 9.47 Å². The molecule has 3 heteroatoms. The van der Waals surface area contributed by atoms with E-state index in [-0.39, 0.29) is 6.29 Å². The molecule has 0 heterocycles. The minimum absolute atomic E-state index is 0.0284. The number of ether oxygens (including phenoxy) is 2. The lowest BCUT2D eigenvalue weighted by atomic mass is 10.4.